The molecule has 3 heterocycles. The number of hydrogen-bond acceptors (Lipinski definition) is 5. The van der Waals surface area contributed by atoms with E-state index in [2.05, 4.69) is 47.9 Å². The maximum atomic E-state index is 13.5. The van der Waals surface area contributed by atoms with E-state index in [4.69, 9.17) is 9.47 Å². The van der Waals surface area contributed by atoms with Crippen LogP contribution in [0.2, 0.25) is 0 Å². The quantitative estimate of drug-likeness (QED) is 0.782. The molecule has 3 aliphatic rings. The number of carbonyl (C=O) groups excluding carboxylic acids is 1. The van der Waals surface area contributed by atoms with Crippen LogP contribution in [0.3, 0.4) is 0 Å². The SMILES string of the molecule is Cc1cccc(N2CCN(CN3C(=O)C4(OCCCO4)c4ccccc43)C[C@H]2C)c1. The number of fused-ring (bicyclic) bond motifs is 2. The molecule has 0 radical (unpaired) electrons. The summed E-state index contributed by atoms with van der Waals surface area (Å²) in [6.45, 7) is 8.76. The summed E-state index contributed by atoms with van der Waals surface area (Å²) < 4.78 is 11.9. The van der Waals surface area contributed by atoms with Crippen molar-refractivity contribution in [3.63, 3.8) is 0 Å². The summed E-state index contributed by atoms with van der Waals surface area (Å²) in [5, 5.41) is 0. The number of amides is 1. The van der Waals surface area contributed by atoms with Crippen molar-refractivity contribution >= 4 is 17.3 Å². The highest BCUT2D eigenvalue weighted by molar-refractivity contribution is 6.06. The van der Waals surface area contributed by atoms with Crippen LogP contribution in [0, 0.1) is 6.92 Å². The van der Waals surface area contributed by atoms with Crippen LogP contribution in [0.4, 0.5) is 11.4 Å². The highest BCUT2D eigenvalue weighted by Gasteiger charge is 2.55. The van der Waals surface area contributed by atoms with Gasteiger partial charge in [0.2, 0.25) is 0 Å². The molecule has 0 saturated carbocycles. The van der Waals surface area contributed by atoms with Crippen molar-refractivity contribution in [1.29, 1.82) is 0 Å². The molecule has 6 nitrogen and oxygen atoms in total. The Morgan fingerprint density at radius 3 is 2.63 bits per heavy atom. The van der Waals surface area contributed by atoms with Gasteiger partial charge in [-0.15, -0.1) is 0 Å². The monoisotopic (exact) mass is 407 g/mol. The van der Waals surface area contributed by atoms with Crippen LogP contribution in [0.25, 0.3) is 0 Å². The molecule has 158 valence electrons. The molecule has 3 aliphatic heterocycles. The van der Waals surface area contributed by atoms with Crippen molar-refractivity contribution in [1.82, 2.24) is 4.90 Å². The lowest BCUT2D eigenvalue weighted by Gasteiger charge is -2.42. The average molecular weight is 408 g/mol. The molecular formula is C24H29N3O3. The van der Waals surface area contributed by atoms with Crippen LogP contribution in [0.1, 0.15) is 24.5 Å². The number of ether oxygens (including phenoxy) is 2. The van der Waals surface area contributed by atoms with E-state index in [0.717, 1.165) is 37.3 Å². The van der Waals surface area contributed by atoms with Crippen LogP contribution < -0.4 is 9.80 Å². The van der Waals surface area contributed by atoms with Gasteiger partial charge in [0, 0.05) is 36.9 Å². The third kappa shape index (κ3) is 3.20. The fourth-order valence-electron chi connectivity index (χ4n) is 4.89. The first-order chi connectivity index (χ1) is 14.6. The van der Waals surface area contributed by atoms with Gasteiger partial charge in [-0.05, 0) is 44.0 Å². The van der Waals surface area contributed by atoms with E-state index >= 15 is 0 Å². The smallest absolute Gasteiger partial charge is 0.293 e. The highest BCUT2D eigenvalue weighted by atomic mass is 16.7. The Kier molecular flexibility index (Phi) is 5.01. The minimum atomic E-state index is -1.26. The molecule has 2 saturated heterocycles. The van der Waals surface area contributed by atoms with Crippen molar-refractivity contribution in [2.75, 3.05) is 49.3 Å². The summed E-state index contributed by atoms with van der Waals surface area (Å²) in [5.41, 5.74) is 4.28. The number of piperazine rings is 1. The lowest BCUT2D eigenvalue weighted by Crippen LogP contribution is -2.56. The molecule has 1 atom stereocenters. The number of carbonyl (C=O) groups is 1. The number of para-hydroxylation sites is 1. The zero-order chi connectivity index (χ0) is 20.7. The fourth-order valence-corrected chi connectivity index (χ4v) is 4.89. The Morgan fingerprint density at radius 1 is 1.07 bits per heavy atom. The van der Waals surface area contributed by atoms with E-state index in [1.165, 1.54) is 11.3 Å². The molecule has 5 rings (SSSR count). The van der Waals surface area contributed by atoms with Gasteiger partial charge < -0.3 is 14.4 Å². The predicted molar refractivity (Wildman–Crippen MR) is 117 cm³/mol. The van der Waals surface area contributed by atoms with Gasteiger partial charge in [0.25, 0.3) is 11.7 Å². The molecule has 2 aromatic rings. The minimum absolute atomic E-state index is 0.0998. The Balaban J connectivity index is 1.34. The van der Waals surface area contributed by atoms with Gasteiger partial charge >= 0.3 is 0 Å². The standard InChI is InChI=1S/C24H29N3O3/c1-18-7-5-8-20(15-18)26-12-11-25(16-19(26)2)17-27-22-10-4-3-9-21(22)24(23(27)28)29-13-6-14-30-24/h3-5,7-10,15,19H,6,11-14,16-17H2,1-2H3/t19-/m1/s1. The van der Waals surface area contributed by atoms with Crippen molar-refractivity contribution in [2.45, 2.75) is 32.1 Å². The van der Waals surface area contributed by atoms with Crippen LogP contribution in [-0.4, -0.2) is 56.4 Å². The van der Waals surface area contributed by atoms with Crippen LogP contribution in [-0.2, 0) is 20.1 Å². The molecule has 6 heteroatoms. The topological polar surface area (TPSA) is 45.2 Å². The number of aryl methyl sites for hydroxylation is 1. The Morgan fingerprint density at radius 2 is 1.87 bits per heavy atom. The normalized spacial score (nSPS) is 23.8. The van der Waals surface area contributed by atoms with Crippen molar-refractivity contribution in [3.8, 4) is 0 Å². The van der Waals surface area contributed by atoms with E-state index in [1.54, 1.807) is 0 Å². The summed E-state index contributed by atoms with van der Waals surface area (Å²) in [4.78, 5) is 20.1. The molecule has 0 aromatic heterocycles. The molecular weight excluding hydrogens is 378 g/mol. The maximum Gasteiger partial charge on any atom is 0.293 e. The second-order valence-corrected chi connectivity index (χ2v) is 8.52. The van der Waals surface area contributed by atoms with E-state index in [9.17, 15) is 4.79 Å². The molecule has 2 aromatic carbocycles. The Hall–Kier alpha value is -2.41. The molecule has 1 spiro atoms. The third-order valence-corrected chi connectivity index (χ3v) is 6.36. The van der Waals surface area contributed by atoms with Gasteiger partial charge in [-0.2, -0.15) is 0 Å². The first-order valence-electron chi connectivity index (χ1n) is 10.8. The van der Waals surface area contributed by atoms with Gasteiger partial charge in [0.05, 0.1) is 25.6 Å². The summed E-state index contributed by atoms with van der Waals surface area (Å²) >= 11 is 0. The van der Waals surface area contributed by atoms with Crippen LogP contribution >= 0.6 is 0 Å². The van der Waals surface area contributed by atoms with E-state index in [0.29, 0.717) is 25.9 Å². The first kappa shape index (κ1) is 19.5. The lowest BCUT2D eigenvalue weighted by molar-refractivity contribution is -0.256. The fraction of sp³-hybridized carbons (Fsp3) is 0.458. The molecule has 0 N–H and O–H groups in total. The summed E-state index contributed by atoms with van der Waals surface area (Å²) in [6, 6.07) is 16.9. The van der Waals surface area contributed by atoms with Crippen LogP contribution in [0.15, 0.2) is 48.5 Å². The molecule has 0 bridgehead atoms. The lowest BCUT2D eigenvalue weighted by atomic mass is 10.1. The predicted octanol–water partition coefficient (Wildman–Crippen LogP) is 3.10. The molecule has 2 fully saturated rings. The highest BCUT2D eigenvalue weighted by Crippen LogP contribution is 2.45. The second kappa shape index (κ2) is 7.69. The van der Waals surface area contributed by atoms with Gasteiger partial charge in [-0.1, -0.05) is 30.3 Å². The van der Waals surface area contributed by atoms with E-state index in [1.807, 2.05) is 29.2 Å². The summed E-state index contributed by atoms with van der Waals surface area (Å²) in [5.74, 6) is -1.36. The maximum absolute atomic E-state index is 13.5. The largest absolute Gasteiger partial charge is 0.366 e. The zero-order valence-electron chi connectivity index (χ0n) is 17.7. The minimum Gasteiger partial charge on any atom is -0.366 e. The molecule has 0 aliphatic carbocycles. The molecule has 0 unspecified atom stereocenters. The van der Waals surface area contributed by atoms with Crippen molar-refractivity contribution in [2.24, 2.45) is 0 Å². The number of nitrogens with zero attached hydrogens (tertiary/aromatic N) is 3. The zero-order valence-corrected chi connectivity index (χ0v) is 17.7. The van der Waals surface area contributed by atoms with Gasteiger partial charge in [-0.25, -0.2) is 0 Å². The van der Waals surface area contributed by atoms with Gasteiger partial charge in [0.1, 0.15) is 0 Å². The Bertz CT molecular complexity index is 941. The second-order valence-electron chi connectivity index (χ2n) is 8.52. The number of benzene rings is 2. The number of anilines is 2. The van der Waals surface area contributed by atoms with Crippen molar-refractivity contribution < 1.29 is 14.3 Å². The Labute approximate surface area is 178 Å². The van der Waals surface area contributed by atoms with E-state index in [-0.39, 0.29) is 5.91 Å². The molecule has 1 amide bonds. The van der Waals surface area contributed by atoms with Crippen LogP contribution in [0.5, 0.6) is 0 Å². The average Bonchev–Trinajstić information content (AvgIpc) is 2.97. The first-order valence-corrected chi connectivity index (χ1v) is 10.8. The number of rotatable bonds is 3. The third-order valence-electron chi connectivity index (χ3n) is 6.36. The summed E-state index contributed by atoms with van der Waals surface area (Å²) in [6.07, 6.45) is 0.815. The van der Waals surface area contributed by atoms with E-state index < -0.39 is 5.79 Å². The number of hydrogen-bond donors (Lipinski definition) is 0. The molecule has 30 heavy (non-hydrogen) atoms. The van der Waals surface area contributed by atoms with Gasteiger partial charge in [0.15, 0.2) is 0 Å². The van der Waals surface area contributed by atoms with Gasteiger partial charge in [-0.3, -0.25) is 14.6 Å². The van der Waals surface area contributed by atoms with Crippen molar-refractivity contribution in [3.05, 3.63) is 59.7 Å². The summed E-state index contributed by atoms with van der Waals surface area (Å²) in [7, 11) is 0.